The molecule has 5 nitrogen and oxygen atoms in total. The van der Waals surface area contributed by atoms with Gasteiger partial charge < -0.3 is 15.0 Å². The Bertz CT molecular complexity index is 595. The molecule has 1 amide bonds. The Labute approximate surface area is 123 Å². The van der Waals surface area contributed by atoms with Crippen molar-refractivity contribution in [1.29, 1.82) is 0 Å². The van der Waals surface area contributed by atoms with E-state index in [1.165, 1.54) is 0 Å². The number of H-pyrrole nitrogens is 1. The summed E-state index contributed by atoms with van der Waals surface area (Å²) >= 11 is 0. The molecule has 0 spiro atoms. The minimum Gasteiger partial charge on any atom is -0.493 e. The second-order valence-electron chi connectivity index (χ2n) is 5.26. The minimum absolute atomic E-state index is 0.0181. The maximum absolute atomic E-state index is 12.3. The molecule has 1 aromatic carbocycles. The van der Waals surface area contributed by atoms with Gasteiger partial charge in [0.2, 0.25) is 5.91 Å². The van der Waals surface area contributed by atoms with Gasteiger partial charge in [-0.3, -0.25) is 4.79 Å². The molecular formula is C16H19N3O2. The molecule has 0 radical (unpaired) electrons. The maximum Gasteiger partial charge on any atom is 0.223 e. The van der Waals surface area contributed by atoms with Crippen LogP contribution in [0.5, 0.6) is 5.75 Å². The van der Waals surface area contributed by atoms with Crippen LogP contribution in [0.2, 0.25) is 0 Å². The summed E-state index contributed by atoms with van der Waals surface area (Å²) in [6, 6.07) is 7.95. The number of nitrogens with zero attached hydrogens (tertiary/aromatic N) is 1. The van der Waals surface area contributed by atoms with Gasteiger partial charge in [0.25, 0.3) is 0 Å². The highest BCUT2D eigenvalue weighted by molar-refractivity contribution is 5.79. The number of benzene rings is 1. The highest BCUT2D eigenvalue weighted by Gasteiger charge is 2.23. The number of nitrogens with one attached hydrogen (secondary N) is 2. The van der Waals surface area contributed by atoms with Crippen molar-refractivity contribution >= 4 is 5.91 Å². The first-order valence-electron chi connectivity index (χ1n) is 7.28. The van der Waals surface area contributed by atoms with Gasteiger partial charge in [-0.2, -0.15) is 0 Å². The van der Waals surface area contributed by atoms with Crippen molar-refractivity contribution in [3.05, 3.63) is 48.0 Å². The van der Waals surface area contributed by atoms with Gasteiger partial charge in [-0.25, -0.2) is 4.98 Å². The molecule has 0 saturated carbocycles. The predicted molar refractivity (Wildman–Crippen MR) is 79.0 cm³/mol. The molecule has 1 aliphatic rings. The van der Waals surface area contributed by atoms with E-state index in [1.54, 1.807) is 12.5 Å². The molecule has 0 unspecified atom stereocenters. The number of imidazole rings is 1. The van der Waals surface area contributed by atoms with E-state index in [1.807, 2.05) is 24.3 Å². The Morgan fingerprint density at radius 2 is 2.33 bits per heavy atom. The smallest absolute Gasteiger partial charge is 0.223 e. The largest absolute Gasteiger partial charge is 0.493 e. The Balaban J connectivity index is 1.55. The second-order valence-corrected chi connectivity index (χ2v) is 5.26. The highest BCUT2D eigenvalue weighted by atomic mass is 16.5. The van der Waals surface area contributed by atoms with Gasteiger partial charge in [0, 0.05) is 30.8 Å². The molecular weight excluding hydrogens is 266 g/mol. The molecule has 2 heterocycles. The lowest BCUT2D eigenvalue weighted by atomic mass is 9.96. The number of carbonyl (C=O) groups excluding carboxylic acids is 1. The fourth-order valence-electron chi connectivity index (χ4n) is 2.60. The van der Waals surface area contributed by atoms with Gasteiger partial charge in [0.05, 0.1) is 12.9 Å². The number of aromatic nitrogens is 2. The molecule has 0 aliphatic carbocycles. The Morgan fingerprint density at radius 1 is 1.43 bits per heavy atom. The van der Waals surface area contributed by atoms with Gasteiger partial charge >= 0.3 is 0 Å². The van der Waals surface area contributed by atoms with Crippen molar-refractivity contribution < 1.29 is 9.53 Å². The SMILES string of the molecule is O=C(NCCc1cnc[nH]1)[C@@H]1CCOc2ccccc2C1. The van der Waals surface area contributed by atoms with E-state index in [9.17, 15) is 4.79 Å². The topological polar surface area (TPSA) is 67.0 Å². The fraction of sp³-hybridized carbons (Fsp3) is 0.375. The van der Waals surface area contributed by atoms with Crippen molar-refractivity contribution in [3.63, 3.8) is 0 Å². The van der Waals surface area contributed by atoms with Gasteiger partial charge in [-0.05, 0) is 24.5 Å². The van der Waals surface area contributed by atoms with Gasteiger partial charge in [0.1, 0.15) is 5.75 Å². The number of rotatable bonds is 4. The van der Waals surface area contributed by atoms with Crippen LogP contribution in [0.4, 0.5) is 0 Å². The number of hydrogen-bond acceptors (Lipinski definition) is 3. The van der Waals surface area contributed by atoms with Crippen LogP contribution < -0.4 is 10.1 Å². The fourth-order valence-corrected chi connectivity index (χ4v) is 2.60. The highest BCUT2D eigenvalue weighted by Crippen LogP contribution is 2.26. The average Bonchev–Trinajstić information content (AvgIpc) is 2.91. The number of aromatic amines is 1. The van der Waals surface area contributed by atoms with Gasteiger partial charge in [0.15, 0.2) is 0 Å². The van der Waals surface area contributed by atoms with Crippen LogP contribution in [0.1, 0.15) is 17.7 Å². The third-order valence-electron chi connectivity index (χ3n) is 3.78. The second kappa shape index (κ2) is 6.43. The van der Waals surface area contributed by atoms with E-state index >= 15 is 0 Å². The van der Waals surface area contributed by atoms with Crippen molar-refractivity contribution in [1.82, 2.24) is 15.3 Å². The van der Waals surface area contributed by atoms with Crippen molar-refractivity contribution in [2.45, 2.75) is 19.3 Å². The Morgan fingerprint density at radius 3 is 3.19 bits per heavy atom. The molecule has 2 aromatic rings. The number of amides is 1. The van der Waals surface area contributed by atoms with Crippen molar-refractivity contribution in [2.24, 2.45) is 5.92 Å². The summed E-state index contributed by atoms with van der Waals surface area (Å²) in [4.78, 5) is 19.3. The molecule has 110 valence electrons. The lowest BCUT2D eigenvalue weighted by Gasteiger charge is -2.13. The van der Waals surface area contributed by atoms with Crippen LogP contribution >= 0.6 is 0 Å². The monoisotopic (exact) mass is 285 g/mol. The zero-order valence-corrected chi connectivity index (χ0v) is 11.8. The van der Waals surface area contributed by atoms with Crippen LogP contribution in [-0.2, 0) is 17.6 Å². The van der Waals surface area contributed by atoms with Crippen molar-refractivity contribution in [3.8, 4) is 5.75 Å². The molecule has 3 rings (SSSR count). The molecule has 0 fully saturated rings. The minimum atomic E-state index is -0.0181. The molecule has 1 aliphatic heterocycles. The first-order chi connectivity index (χ1) is 10.3. The Kier molecular flexibility index (Phi) is 4.19. The van der Waals surface area contributed by atoms with Crippen molar-refractivity contribution in [2.75, 3.05) is 13.2 Å². The molecule has 1 aromatic heterocycles. The van der Waals surface area contributed by atoms with Gasteiger partial charge in [-0.1, -0.05) is 18.2 Å². The maximum atomic E-state index is 12.3. The van der Waals surface area contributed by atoms with Crippen LogP contribution in [-0.4, -0.2) is 29.0 Å². The molecule has 1 atom stereocenters. The summed E-state index contributed by atoms with van der Waals surface area (Å²) < 4.78 is 5.70. The molecule has 0 saturated heterocycles. The van der Waals surface area contributed by atoms with Crippen LogP contribution in [0, 0.1) is 5.92 Å². The van der Waals surface area contributed by atoms with Crippen LogP contribution in [0.15, 0.2) is 36.8 Å². The molecule has 21 heavy (non-hydrogen) atoms. The third kappa shape index (κ3) is 3.42. The summed E-state index contributed by atoms with van der Waals surface area (Å²) in [5.41, 5.74) is 2.15. The summed E-state index contributed by atoms with van der Waals surface area (Å²) in [5, 5.41) is 3.01. The third-order valence-corrected chi connectivity index (χ3v) is 3.78. The first-order valence-corrected chi connectivity index (χ1v) is 7.28. The first kappa shape index (κ1) is 13.7. The van der Waals surface area contributed by atoms with Crippen LogP contribution in [0.3, 0.4) is 0 Å². The summed E-state index contributed by atoms with van der Waals surface area (Å²) in [6.45, 7) is 1.22. The van der Waals surface area contributed by atoms with Gasteiger partial charge in [-0.15, -0.1) is 0 Å². The lowest BCUT2D eigenvalue weighted by Crippen LogP contribution is -2.33. The molecule has 5 heteroatoms. The summed E-state index contributed by atoms with van der Waals surface area (Å²) in [6.07, 6.45) is 5.70. The average molecular weight is 285 g/mol. The summed E-state index contributed by atoms with van der Waals surface area (Å²) in [5.74, 6) is 0.996. The standard InChI is InChI=1S/C16H19N3O2/c20-16(18-7-5-14-10-17-11-19-14)13-6-8-21-15-4-2-1-3-12(15)9-13/h1-4,10-11,13H,5-9H2,(H,17,19)(H,18,20)/t13-/m1/s1. The zero-order valence-electron chi connectivity index (χ0n) is 11.8. The van der Waals surface area contributed by atoms with E-state index in [4.69, 9.17) is 4.74 Å². The number of carbonyl (C=O) groups is 1. The lowest BCUT2D eigenvalue weighted by molar-refractivity contribution is -0.125. The van der Waals surface area contributed by atoms with E-state index < -0.39 is 0 Å². The van der Waals surface area contributed by atoms with E-state index in [0.29, 0.717) is 13.2 Å². The number of ether oxygens (including phenoxy) is 1. The van der Waals surface area contributed by atoms with E-state index in [0.717, 1.165) is 36.3 Å². The molecule has 0 bridgehead atoms. The quantitative estimate of drug-likeness (QED) is 0.898. The predicted octanol–water partition coefficient (Wildman–Crippen LogP) is 1.71. The number of hydrogen-bond donors (Lipinski definition) is 2. The normalized spacial score (nSPS) is 17.4. The molecule has 2 N–H and O–H groups in total. The van der Waals surface area contributed by atoms with E-state index in [-0.39, 0.29) is 11.8 Å². The van der Waals surface area contributed by atoms with E-state index in [2.05, 4.69) is 15.3 Å². The summed E-state index contributed by atoms with van der Waals surface area (Å²) in [7, 11) is 0. The number of fused-ring (bicyclic) bond motifs is 1. The number of para-hydroxylation sites is 1. The van der Waals surface area contributed by atoms with Crippen LogP contribution in [0.25, 0.3) is 0 Å². The Hall–Kier alpha value is -2.30. The zero-order chi connectivity index (χ0) is 14.5.